The summed E-state index contributed by atoms with van der Waals surface area (Å²) < 4.78 is 5.44. The summed E-state index contributed by atoms with van der Waals surface area (Å²) in [7, 11) is 3.42. The molecule has 0 radical (unpaired) electrons. The van der Waals surface area contributed by atoms with E-state index in [0.29, 0.717) is 12.1 Å². The Hall–Kier alpha value is -3.40. The van der Waals surface area contributed by atoms with Gasteiger partial charge in [-0.2, -0.15) is 0 Å². The minimum absolute atomic E-state index is 0.0715. The van der Waals surface area contributed by atoms with E-state index in [1.54, 1.807) is 25.3 Å². The normalized spacial score (nSPS) is 11.1. The standard InChI is InChI=1S/C23H22N2O2/c1-25(17-20-13-8-9-15-24-20)23(26)21(18-10-4-3-5-11-18)16-19-12-6-7-14-22(19)27-2/h3-16H,17H2,1-2H3/b21-16+. The van der Waals surface area contributed by atoms with E-state index in [1.165, 1.54) is 0 Å². The van der Waals surface area contributed by atoms with Crippen molar-refractivity contribution in [1.29, 1.82) is 0 Å². The summed E-state index contributed by atoms with van der Waals surface area (Å²) in [4.78, 5) is 19.2. The second-order valence-corrected chi connectivity index (χ2v) is 6.15. The Morgan fingerprint density at radius 2 is 1.70 bits per heavy atom. The van der Waals surface area contributed by atoms with Gasteiger partial charge in [-0.3, -0.25) is 9.78 Å². The van der Waals surface area contributed by atoms with E-state index in [1.807, 2.05) is 78.9 Å². The topological polar surface area (TPSA) is 42.4 Å². The number of methoxy groups -OCH3 is 1. The summed E-state index contributed by atoms with van der Waals surface area (Å²) in [6, 6.07) is 23.0. The molecule has 0 saturated heterocycles. The number of pyridine rings is 1. The lowest BCUT2D eigenvalue weighted by Gasteiger charge is -2.19. The molecule has 0 saturated carbocycles. The molecule has 3 aromatic rings. The quantitative estimate of drug-likeness (QED) is 0.488. The van der Waals surface area contributed by atoms with Crippen LogP contribution >= 0.6 is 0 Å². The van der Waals surface area contributed by atoms with Crippen LogP contribution in [0.15, 0.2) is 79.0 Å². The molecule has 1 aromatic heterocycles. The summed E-state index contributed by atoms with van der Waals surface area (Å²) in [5.74, 6) is 0.656. The van der Waals surface area contributed by atoms with Gasteiger partial charge in [0.25, 0.3) is 5.91 Å². The molecule has 0 N–H and O–H groups in total. The molecule has 0 aliphatic carbocycles. The second kappa shape index (κ2) is 8.81. The fraction of sp³-hybridized carbons (Fsp3) is 0.130. The molecule has 4 heteroatoms. The molecular weight excluding hydrogens is 336 g/mol. The summed E-state index contributed by atoms with van der Waals surface area (Å²) >= 11 is 0. The van der Waals surface area contributed by atoms with Crippen LogP contribution in [0, 0.1) is 0 Å². The van der Waals surface area contributed by atoms with E-state index < -0.39 is 0 Å². The Kier molecular flexibility index (Phi) is 6.00. The number of hydrogen-bond acceptors (Lipinski definition) is 3. The van der Waals surface area contributed by atoms with Crippen LogP contribution in [0.5, 0.6) is 5.75 Å². The SMILES string of the molecule is COc1ccccc1/C=C(/C(=O)N(C)Cc1ccccn1)c1ccccc1. The van der Waals surface area contributed by atoms with Gasteiger partial charge in [0.2, 0.25) is 0 Å². The minimum atomic E-state index is -0.0715. The van der Waals surface area contributed by atoms with Gasteiger partial charge in [0.1, 0.15) is 5.75 Å². The minimum Gasteiger partial charge on any atom is -0.496 e. The first-order valence-electron chi connectivity index (χ1n) is 8.74. The van der Waals surface area contributed by atoms with Crippen LogP contribution in [0.2, 0.25) is 0 Å². The predicted molar refractivity (Wildman–Crippen MR) is 108 cm³/mol. The maximum absolute atomic E-state index is 13.2. The van der Waals surface area contributed by atoms with Crippen LogP contribution in [0.4, 0.5) is 0 Å². The lowest BCUT2D eigenvalue weighted by Crippen LogP contribution is -2.27. The summed E-state index contributed by atoms with van der Waals surface area (Å²) in [5.41, 5.74) is 3.18. The molecular formula is C23H22N2O2. The molecule has 27 heavy (non-hydrogen) atoms. The zero-order valence-corrected chi connectivity index (χ0v) is 15.5. The first-order chi connectivity index (χ1) is 13.2. The van der Waals surface area contributed by atoms with Gasteiger partial charge in [0.05, 0.1) is 19.3 Å². The Labute approximate surface area is 159 Å². The maximum Gasteiger partial charge on any atom is 0.254 e. The van der Waals surface area contributed by atoms with Gasteiger partial charge in [0, 0.05) is 24.4 Å². The lowest BCUT2D eigenvalue weighted by molar-refractivity contribution is -0.124. The molecule has 3 rings (SSSR count). The number of rotatable bonds is 6. The molecule has 2 aromatic carbocycles. The van der Waals surface area contributed by atoms with E-state index in [-0.39, 0.29) is 5.91 Å². The molecule has 0 aliphatic heterocycles. The average molecular weight is 358 g/mol. The van der Waals surface area contributed by atoms with E-state index in [2.05, 4.69) is 4.98 Å². The first-order valence-corrected chi connectivity index (χ1v) is 8.74. The molecule has 136 valence electrons. The van der Waals surface area contributed by atoms with Gasteiger partial charge < -0.3 is 9.64 Å². The van der Waals surface area contributed by atoms with Gasteiger partial charge in [-0.15, -0.1) is 0 Å². The van der Waals surface area contributed by atoms with Crippen molar-refractivity contribution in [2.45, 2.75) is 6.54 Å². The Bertz CT molecular complexity index is 921. The van der Waals surface area contributed by atoms with Crippen molar-refractivity contribution in [2.75, 3.05) is 14.2 Å². The molecule has 0 bridgehead atoms. The number of likely N-dealkylation sites (N-methyl/N-ethyl adjacent to an activating group) is 1. The Balaban J connectivity index is 1.97. The molecule has 1 heterocycles. The fourth-order valence-corrected chi connectivity index (χ4v) is 2.84. The summed E-state index contributed by atoms with van der Waals surface area (Å²) in [6.45, 7) is 0.440. The van der Waals surface area contributed by atoms with Crippen molar-refractivity contribution in [3.8, 4) is 5.75 Å². The van der Waals surface area contributed by atoms with Crippen LogP contribution in [-0.4, -0.2) is 29.9 Å². The number of ether oxygens (including phenoxy) is 1. The van der Waals surface area contributed by atoms with E-state index >= 15 is 0 Å². The monoisotopic (exact) mass is 358 g/mol. The van der Waals surface area contributed by atoms with Crippen molar-refractivity contribution in [1.82, 2.24) is 9.88 Å². The second-order valence-electron chi connectivity index (χ2n) is 6.15. The molecule has 1 amide bonds. The Morgan fingerprint density at radius 3 is 2.41 bits per heavy atom. The van der Waals surface area contributed by atoms with Crippen molar-refractivity contribution < 1.29 is 9.53 Å². The zero-order valence-electron chi connectivity index (χ0n) is 15.5. The number of para-hydroxylation sites is 1. The fourth-order valence-electron chi connectivity index (χ4n) is 2.84. The molecule has 4 nitrogen and oxygen atoms in total. The molecule has 0 spiro atoms. The number of aromatic nitrogens is 1. The predicted octanol–water partition coefficient (Wildman–Crippen LogP) is 4.29. The average Bonchev–Trinajstić information content (AvgIpc) is 2.73. The van der Waals surface area contributed by atoms with Crippen molar-refractivity contribution in [2.24, 2.45) is 0 Å². The highest BCUT2D eigenvalue weighted by Crippen LogP contribution is 2.26. The number of amides is 1. The van der Waals surface area contributed by atoms with E-state index in [9.17, 15) is 4.79 Å². The molecule has 0 unspecified atom stereocenters. The van der Waals surface area contributed by atoms with Gasteiger partial charge in [-0.1, -0.05) is 54.6 Å². The Morgan fingerprint density at radius 1 is 1.00 bits per heavy atom. The third-order valence-corrected chi connectivity index (χ3v) is 4.23. The van der Waals surface area contributed by atoms with Crippen LogP contribution in [0.3, 0.4) is 0 Å². The molecule has 0 aliphatic rings. The van der Waals surface area contributed by atoms with E-state index in [4.69, 9.17) is 4.74 Å². The van der Waals surface area contributed by atoms with Crippen LogP contribution < -0.4 is 4.74 Å². The number of benzene rings is 2. The third-order valence-electron chi connectivity index (χ3n) is 4.23. The van der Waals surface area contributed by atoms with Gasteiger partial charge in [-0.25, -0.2) is 0 Å². The number of carbonyl (C=O) groups excluding carboxylic acids is 1. The van der Waals surface area contributed by atoms with Crippen LogP contribution in [-0.2, 0) is 11.3 Å². The van der Waals surface area contributed by atoms with Crippen molar-refractivity contribution in [3.05, 3.63) is 95.8 Å². The smallest absolute Gasteiger partial charge is 0.254 e. The number of hydrogen-bond donors (Lipinski definition) is 0. The highest BCUT2D eigenvalue weighted by Gasteiger charge is 2.18. The maximum atomic E-state index is 13.2. The van der Waals surface area contributed by atoms with E-state index in [0.717, 1.165) is 22.6 Å². The molecule has 0 fully saturated rings. The van der Waals surface area contributed by atoms with Gasteiger partial charge in [-0.05, 0) is 29.8 Å². The van der Waals surface area contributed by atoms with Crippen LogP contribution in [0.25, 0.3) is 11.6 Å². The highest BCUT2D eigenvalue weighted by molar-refractivity contribution is 6.24. The number of carbonyl (C=O) groups is 1. The molecule has 0 atom stereocenters. The lowest BCUT2D eigenvalue weighted by atomic mass is 10.0. The van der Waals surface area contributed by atoms with Crippen molar-refractivity contribution >= 4 is 17.6 Å². The summed E-state index contributed by atoms with van der Waals surface area (Å²) in [5, 5.41) is 0. The first kappa shape index (κ1) is 18.4. The van der Waals surface area contributed by atoms with Crippen LogP contribution in [0.1, 0.15) is 16.8 Å². The third kappa shape index (κ3) is 4.61. The van der Waals surface area contributed by atoms with Crippen molar-refractivity contribution in [3.63, 3.8) is 0 Å². The number of nitrogens with zero attached hydrogens (tertiary/aromatic N) is 2. The largest absolute Gasteiger partial charge is 0.496 e. The van der Waals surface area contributed by atoms with Gasteiger partial charge >= 0.3 is 0 Å². The van der Waals surface area contributed by atoms with Gasteiger partial charge in [0.15, 0.2) is 0 Å². The summed E-state index contributed by atoms with van der Waals surface area (Å²) in [6.07, 6.45) is 3.61. The highest BCUT2D eigenvalue weighted by atomic mass is 16.5. The zero-order chi connectivity index (χ0) is 19.1.